The van der Waals surface area contributed by atoms with Crippen LogP contribution in [0.3, 0.4) is 0 Å². The zero-order chi connectivity index (χ0) is 17.8. The summed E-state index contributed by atoms with van der Waals surface area (Å²) in [5.74, 6) is -0.0260. The molecular formula is C17H11Cl3N4O. The number of hydrogen-bond donors (Lipinski definition) is 2. The lowest BCUT2D eigenvalue weighted by Gasteiger charge is -2.08. The Kier molecular flexibility index (Phi) is 5.38. The first-order valence-corrected chi connectivity index (χ1v) is 8.26. The maximum atomic E-state index is 12.3. The Balaban J connectivity index is 1.70. The van der Waals surface area contributed by atoms with Crippen LogP contribution >= 0.6 is 34.8 Å². The van der Waals surface area contributed by atoms with E-state index < -0.39 is 0 Å². The quantitative estimate of drug-likeness (QED) is 0.620. The lowest BCUT2D eigenvalue weighted by molar-refractivity contribution is 0.102. The number of nitrogens with one attached hydrogen (secondary N) is 2. The van der Waals surface area contributed by atoms with Crippen molar-refractivity contribution in [2.24, 2.45) is 0 Å². The smallest absolute Gasteiger partial charge is 0.258 e. The van der Waals surface area contributed by atoms with Gasteiger partial charge in [-0.15, -0.1) is 0 Å². The van der Waals surface area contributed by atoms with Crippen molar-refractivity contribution in [3.8, 4) is 0 Å². The van der Waals surface area contributed by atoms with E-state index in [9.17, 15) is 4.79 Å². The first-order chi connectivity index (χ1) is 12.0. The third-order valence-corrected chi connectivity index (χ3v) is 4.29. The van der Waals surface area contributed by atoms with Crippen LogP contribution in [-0.4, -0.2) is 15.9 Å². The second-order valence-corrected chi connectivity index (χ2v) is 6.20. The molecule has 0 unspecified atom stereocenters. The fraction of sp³-hybridized carbons (Fsp3) is 0. The highest BCUT2D eigenvalue weighted by molar-refractivity contribution is 6.44. The number of benzene rings is 2. The Morgan fingerprint density at radius 3 is 2.28 bits per heavy atom. The molecule has 0 aliphatic heterocycles. The average Bonchev–Trinajstić information content (AvgIpc) is 2.61. The van der Waals surface area contributed by atoms with Gasteiger partial charge in [-0.1, -0.05) is 40.9 Å². The Morgan fingerprint density at radius 1 is 0.920 bits per heavy atom. The van der Waals surface area contributed by atoms with Gasteiger partial charge < -0.3 is 10.6 Å². The topological polar surface area (TPSA) is 66.9 Å². The molecule has 0 bridgehead atoms. The van der Waals surface area contributed by atoms with Crippen LogP contribution in [0.5, 0.6) is 0 Å². The van der Waals surface area contributed by atoms with E-state index in [0.717, 1.165) is 5.69 Å². The van der Waals surface area contributed by atoms with Crippen LogP contribution < -0.4 is 10.6 Å². The highest BCUT2D eigenvalue weighted by Crippen LogP contribution is 2.29. The highest BCUT2D eigenvalue weighted by atomic mass is 35.5. The first kappa shape index (κ1) is 17.5. The third kappa shape index (κ3) is 4.39. The van der Waals surface area contributed by atoms with Crippen molar-refractivity contribution in [1.29, 1.82) is 0 Å². The Hall–Kier alpha value is -2.34. The van der Waals surface area contributed by atoms with Crippen molar-refractivity contribution >= 4 is 58.0 Å². The molecule has 8 heteroatoms. The fourth-order valence-corrected chi connectivity index (χ4v) is 2.44. The van der Waals surface area contributed by atoms with Crippen molar-refractivity contribution in [3.63, 3.8) is 0 Å². The van der Waals surface area contributed by atoms with E-state index >= 15 is 0 Å². The summed E-state index contributed by atoms with van der Waals surface area (Å²) in [7, 11) is 0. The molecule has 126 valence electrons. The Morgan fingerprint density at radius 2 is 1.60 bits per heavy atom. The van der Waals surface area contributed by atoms with Crippen molar-refractivity contribution in [1.82, 2.24) is 9.97 Å². The van der Waals surface area contributed by atoms with Crippen LogP contribution in [0.1, 0.15) is 10.4 Å². The number of carbonyl (C=O) groups is 1. The average molecular weight is 394 g/mol. The molecule has 1 heterocycles. The predicted octanol–water partition coefficient (Wildman–Crippen LogP) is 5.43. The summed E-state index contributed by atoms with van der Waals surface area (Å²) in [5, 5.41) is 6.96. The van der Waals surface area contributed by atoms with Crippen LogP contribution in [0.15, 0.2) is 54.9 Å². The molecule has 0 atom stereocenters. The van der Waals surface area contributed by atoms with Gasteiger partial charge in [-0.25, -0.2) is 9.97 Å². The van der Waals surface area contributed by atoms with E-state index in [4.69, 9.17) is 34.8 Å². The molecule has 1 aromatic heterocycles. The van der Waals surface area contributed by atoms with Gasteiger partial charge in [0.1, 0.15) is 0 Å². The molecule has 2 N–H and O–H groups in total. The second-order valence-electron chi connectivity index (χ2n) is 4.98. The van der Waals surface area contributed by atoms with Gasteiger partial charge in [-0.05, 0) is 36.4 Å². The van der Waals surface area contributed by atoms with Crippen molar-refractivity contribution in [3.05, 3.63) is 75.5 Å². The minimum Gasteiger partial charge on any atom is -0.324 e. The first-order valence-electron chi connectivity index (χ1n) is 7.13. The molecular weight excluding hydrogens is 383 g/mol. The monoisotopic (exact) mass is 392 g/mol. The zero-order valence-electron chi connectivity index (χ0n) is 12.6. The molecule has 0 radical (unpaired) electrons. The molecule has 0 aliphatic rings. The Bertz CT molecular complexity index is 899. The number of aromatic nitrogens is 2. The summed E-state index contributed by atoms with van der Waals surface area (Å²) in [6.45, 7) is 0. The minimum atomic E-state index is -0.387. The lowest BCUT2D eigenvalue weighted by Crippen LogP contribution is -2.13. The van der Waals surface area contributed by atoms with Crippen molar-refractivity contribution in [2.45, 2.75) is 0 Å². The van der Waals surface area contributed by atoms with Gasteiger partial charge in [-0.2, -0.15) is 0 Å². The van der Waals surface area contributed by atoms with E-state index in [-0.39, 0.29) is 16.5 Å². The van der Waals surface area contributed by atoms with Gasteiger partial charge in [0, 0.05) is 23.1 Å². The van der Waals surface area contributed by atoms with Crippen molar-refractivity contribution < 1.29 is 4.79 Å². The summed E-state index contributed by atoms with van der Waals surface area (Å²) in [6, 6.07) is 12.1. The SMILES string of the molecule is O=C(Nc1cccc(Cl)c1Cl)c1cnc(Nc2ccc(Cl)cc2)nc1. The molecule has 0 saturated heterocycles. The van der Waals surface area contributed by atoms with Crippen LogP contribution in [0.2, 0.25) is 15.1 Å². The van der Waals surface area contributed by atoms with Gasteiger partial charge in [0.15, 0.2) is 0 Å². The van der Waals surface area contributed by atoms with E-state index in [1.165, 1.54) is 12.4 Å². The maximum absolute atomic E-state index is 12.3. The van der Waals surface area contributed by atoms with E-state index in [2.05, 4.69) is 20.6 Å². The molecule has 0 fully saturated rings. The van der Waals surface area contributed by atoms with E-state index in [0.29, 0.717) is 21.7 Å². The lowest BCUT2D eigenvalue weighted by atomic mass is 10.2. The minimum absolute atomic E-state index is 0.277. The number of anilines is 3. The number of carbonyl (C=O) groups excluding carboxylic acids is 1. The van der Waals surface area contributed by atoms with Crippen LogP contribution in [0.4, 0.5) is 17.3 Å². The number of rotatable bonds is 4. The molecule has 5 nitrogen and oxygen atoms in total. The molecule has 3 aromatic rings. The fourth-order valence-electron chi connectivity index (χ4n) is 1.97. The second kappa shape index (κ2) is 7.70. The Labute approximate surface area is 159 Å². The maximum Gasteiger partial charge on any atom is 0.258 e. The molecule has 25 heavy (non-hydrogen) atoms. The summed E-state index contributed by atoms with van der Waals surface area (Å²) in [5.41, 5.74) is 1.49. The predicted molar refractivity (Wildman–Crippen MR) is 101 cm³/mol. The number of halogens is 3. The molecule has 3 rings (SSSR count). The standard InChI is InChI=1S/C17H11Cl3N4O/c18-11-4-6-12(7-5-11)23-17-21-8-10(9-22-17)16(25)24-14-3-1-2-13(19)15(14)20/h1-9H,(H,24,25)(H,21,22,23). The largest absolute Gasteiger partial charge is 0.324 e. The molecule has 2 aromatic carbocycles. The molecule has 0 spiro atoms. The molecule has 0 aliphatic carbocycles. The molecule has 1 amide bonds. The summed E-state index contributed by atoms with van der Waals surface area (Å²) < 4.78 is 0. The number of hydrogen-bond acceptors (Lipinski definition) is 4. The summed E-state index contributed by atoms with van der Waals surface area (Å²) in [6.07, 6.45) is 2.83. The van der Waals surface area contributed by atoms with Gasteiger partial charge in [0.2, 0.25) is 5.95 Å². The van der Waals surface area contributed by atoms with Crippen LogP contribution in [0.25, 0.3) is 0 Å². The number of nitrogens with zero attached hydrogens (tertiary/aromatic N) is 2. The molecule has 0 saturated carbocycles. The van der Waals surface area contributed by atoms with Gasteiger partial charge in [0.05, 0.1) is 21.3 Å². The highest BCUT2D eigenvalue weighted by Gasteiger charge is 2.11. The zero-order valence-corrected chi connectivity index (χ0v) is 14.9. The van der Waals surface area contributed by atoms with Crippen molar-refractivity contribution in [2.75, 3.05) is 10.6 Å². The van der Waals surface area contributed by atoms with Crippen LogP contribution in [0, 0.1) is 0 Å². The summed E-state index contributed by atoms with van der Waals surface area (Å²) >= 11 is 17.8. The van der Waals surface area contributed by atoms with Gasteiger partial charge in [0.25, 0.3) is 5.91 Å². The normalized spacial score (nSPS) is 10.4. The van der Waals surface area contributed by atoms with Gasteiger partial charge in [-0.3, -0.25) is 4.79 Å². The summed E-state index contributed by atoms with van der Waals surface area (Å²) in [4.78, 5) is 20.5. The van der Waals surface area contributed by atoms with E-state index in [1.54, 1.807) is 42.5 Å². The van der Waals surface area contributed by atoms with E-state index in [1.807, 2.05) is 0 Å². The van der Waals surface area contributed by atoms with Gasteiger partial charge >= 0.3 is 0 Å². The number of amides is 1. The third-order valence-electron chi connectivity index (χ3n) is 3.21. The van der Waals surface area contributed by atoms with Crippen LogP contribution in [-0.2, 0) is 0 Å².